The third-order valence-electron chi connectivity index (χ3n) is 8.42. The molecule has 0 spiro atoms. The van der Waals surface area contributed by atoms with E-state index in [1.807, 2.05) is 24.3 Å². The van der Waals surface area contributed by atoms with Gasteiger partial charge in [-0.05, 0) is 30.8 Å². The monoisotopic (exact) mass is 678 g/mol. The van der Waals surface area contributed by atoms with E-state index in [1.54, 1.807) is 0 Å². The Labute approximate surface area is 283 Å². The van der Waals surface area contributed by atoms with Crippen molar-refractivity contribution in [1.29, 1.82) is 0 Å². The zero-order valence-electron chi connectivity index (χ0n) is 27.5. The fourth-order valence-corrected chi connectivity index (χ4v) is 16.4. The predicted octanol–water partition coefficient (Wildman–Crippen LogP) is 8.07. The van der Waals surface area contributed by atoms with Crippen molar-refractivity contribution in [2.75, 3.05) is 13.2 Å². The molecular formula is C38H48Cl2O3Si2. The zero-order chi connectivity index (χ0) is 32.6. The van der Waals surface area contributed by atoms with Gasteiger partial charge in [0.1, 0.15) is 11.1 Å². The summed E-state index contributed by atoms with van der Waals surface area (Å²) in [6.07, 6.45) is 1.13. The largest absolute Gasteiger partial charge is 0.391 e. The Kier molecular flexibility index (Phi) is 12.3. The van der Waals surface area contributed by atoms with E-state index in [9.17, 15) is 0 Å². The van der Waals surface area contributed by atoms with Gasteiger partial charge in [-0.15, -0.1) is 0 Å². The summed E-state index contributed by atoms with van der Waals surface area (Å²) >= 11 is 13.9. The number of hydrogen-bond donors (Lipinski definition) is 0. The maximum absolute atomic E-state index is 6.98. The molecule has 0 aliphatic heterocycles. The minimum atomic E-state index is -2.73. The normalized spacial score (nSPS) is 14.2. The Hall–Kier alpha value is -2.23. The first-order valence-electron chi connectivity index (χ1n) is 15.9. The van der Waals surface area contributed by atoms with Crippen molar-refractivity contribution in [3.63, 3.8) is 0 Å². The molecule has 0 aromatic heterocycles. The van der Waals surface area contributed by atoms with E-state index in [-0.39, 0.29) is 10.1 Å². The molecule has 240 valence electrons. The molecule has 4 aromatic rings. The SMILES string of the molecule is CC(C)(C)[Si](OC(Cl)CCOCCC(Cl)O[Si](c1ccccc1)(c1ccccc1)C(C)(C)C)(c1ccccc1)c1ccccc1. The maximum Gasteiger partial charge on any atom is 0.263 e. The van der Waals surface area contributed by atoms with Gasteiger partial charge in [-0.2, -0.15) is 0 Å². The lowest BCUT2D eigenvalue weighted by atomic mass is 10.2. The Morgan fingerprint density at radius 3 is 0.933 bits per heavy atom. The number of alkyl halides is 2. The van der Waals surface area contributed by atoms with Crippen LogP contribution in [-0.2, 0) is 13.6 Å². The predicted molar refractivity (Wildman–Crippen MR) is 197 cm³/mol. The Morgan fingerprint density at radius 1 is 0.467 bits per heavy atom. The summed E-state index contributed by atoms with van der Waals surface area (Å²) in [6, 6.07) is 42.3. The highest BCUT2D eigenvalue weighted by Crippen LogP contribution is 2.39. The molecule has 0 saturated carbocycles. The van der Waals surface area contributed by atoms with E-state index in [1.165, 1.54) is 20.7 Å². The van der Waals surface area contributed by atoms with Crippen molar-refractivity contribution >= 4 is 60.6 Å². The Bertz CT molecular complexity index is 1240. The summed E-state index contributed by atoms with van der Waals surface area (Å²) < 4.78 is 20.1. The molecule has 0 N–H and O–H groups in total. The van der Waals surface area contributed by atoms with Gasteiger partial charge in [0.25, 0.3) is 16.6 Å². The molecule has 0 aliphatic carbocycles. The average molecular weight is 680 g/mol. The van der Waals surface area contributed by atoms with Crippen LogP contribution in [-0.4, -0.2) is 41.0 Å². The molecular weight excluding hydrogens is 631 g/mol. The molecule has 45 heavy (non-hydrogen) atoms. The molecule has 0 saturated heterocycles. The van der Waals surface area contributed by atoms with Gasteiger partial charge < -0.3 is 13.6 Å². The zero-order valence-corrected chi connectivity index (χ0v) is 31.0. The van der Waals surface area contributed by atoms with Crippen molar-refractivity contribution in [2.45, 2.75) is 75.6 Å². The van der Waals surface area contributed by atoms with E-state index in [0.29, 0.717) is 26.1 Å². The maximum atomic E-state index is 6.98. The summed E-state index contributed by atoms with van der Waals surface area (Å²) in [4.78, 5) is 0. The molecule has 2 unspecified atom stereocenters. The molecule has 3 nitrogen and oxygen atoms in total. The quantitative estimate of drug-likeness (QED) is 0.0767. The number of halogens is 2. The van der Waals surface area contributed by atoms with E-state index in [4.69, 9.17) is 36.8 Å². The highest BCUT2D eigenvalue weighted by atomic mass is 35.5. The topological polar surface area (TPSA) is 27.7 Å². The number of benzene rings is 4. The first-order valence-corrected chi connectivity index (χ1v) is 20.5. The number of ether oxygens (including phenoxy) is 1. The van der Waals surface area contributed by atoms with Gasteiger partial charge in [0.2, 0.25) is 0 Å². The number of hydrogen-bond acceptors (Lipinski definition) is 3. The van der Waals surface area contributed by atoms with E-state index in [0.717, 1.165) is 0 Å². The van der Waals surface area contributed by atoms with Gasteiger partial charge in [-0.1, -0.05) is 186 Å². The van der Waals surface area contributed by atoms with Crippen LogP contribution in [0, 0.1) is 0 Å². The van der Waals surface area contributed by atoms with Crippen LogP contribution >= 0.6 is 23.2 Å². The molecule has 0 bridgehead atoms. The lowest BCUT2D eigenvalue weighted by Crippen LogP contribution is -2.67. The molecule has 4 aromatic carbocycles. The Balaban J connectivity index is 1.42. The van der Waals surface area contributed by atoms with Gasteiger partial charge >= 0.3 is 0 Å². The van der Waals surface area contributed by atoms with Gasteiger partial charge in [0.05, 0.1) is 13.2 Å². The fraction of sp³-hybridized carbons (Fsp3) is 0.368. The molecule has 0 aliphatic rings. The highest BCUT2D eigenvalue weighted by Gasteiger charge is 2.52. The molecule has 4 rings (SSSR count). The third kappa shape index (κ3) is 8.20. The van der Waals surface area contributed by atoms with Crippen LogP contribution in [0.2, 0.25) is 10.1 Å². The summed E-state index contributed by atoms with van der Waals surface area (Å²) in [6.45, 7) is 14.5. The molecule has 2 atom stereocenters. The van der Waals surface area contributed by atoms with Gasteiger partial charge in [-0.25, -0.2) is 0 Å². The second-order valence-corrected chi connectivity index (χ2v) is 23.1. The van der Waals surface area contributed by atoms with Crippen LogP contribution in [0.1, 0.15) is 54.4 Å². The van der Waals surface area contributed by atoms with Gasteiger partial charge in [0, 0.05) is 12.8 Å². The first kappa shape index (κ1) is 35.6. The standard InChI is InChI=1S/C38H48Cl2O3Si2/c1-37(2,3)44(31-19-11-7-12-20-31,32-21-13-8-14-22-32)42-35(39)27-29-41-30-28-36(40)43-45(38(4,5)6,33-23-15-9-16-24-33)34-25-17-10-18-26-34/h7-26,35-36H,27-30H2,1-6H3. The lowest BCUT2D eigenvalue weighted by molar-refractivity contribution is 0.0929. The second kappa shape index (κ2) is 15.6. The molecule has 0 heterocycles. The Morgan fingerprint density at radius 2 is 0.711 bits per heavy atom. The van der Waals surface area contributed by atoms with Crippen molar-refractivity contribution in [3.8, 4) is 0 Å². The fourth-order valence-electron chi connectivity index (χ4n) is 6.34. The van der Waals surface area contributed by atoms with Crippen LogP contribution < -0.4 is 20.7 Å². The highest BCUT2D eigenvalue weighted by molar-refractivity contribution is 7.00. The average Bonchev–Trinajstić information content (AvgIpc) is 3.03. The van der Waals surface area contributed by atoms with Crippen LogP contribution in [0.25, 0.3) is 0 Å². The van der Waals surface area contributed by atoms with E-state index in [2.05, 4.69) is 139 Å². The molecule has 0 amide bonds. The third-order valence-corrected chi connectivity index (χ3v) is 19.4. The summed E-state index contributed by atoms with van der Waals surface area (Å²) in [5, 5.41) is 4.55. The van der Waals surface area contributed by atoms with Crippen molar-refractivity contribution in [3.05, 3.63) is 121 Å². The van der Waals surface area contributed by atoms with Crippen molar-refractivity contribution in [2.24, 2.45) is 0 Å². The molecule has 0 fully saturated rings. The summed E-state index contributed by atoms with van der Waals surface area (Å²) in [7, 11) is -5.46. The minimum Gasteiger partial charge on any atom is -0.391 e. The van der Waals surface area contributed by atoms with E-state index < -0.39 is 27.8 Å². The number of rotatable bonds is 14. The van der Waals surface area contributed by atoms with Crippen molar-refractivity contribution < 1.29 is 13.6 Å². The van der Waals surface area contributed by atoms with Gasteiger partial charge in [0.15, 0.2) is 0 Å². The summed E-state index contributed by atoms with van der Waals surface area (Å²) in [5.41, 5.74) is -1.01. The molecule has 0 radical (unpaired) electrons. The second-order valence-electron chi connectivity index (χ2n) is 13.6. The van der Waals surface area contributed by atoms with Crippen molar-refractivity contribution in [1.82, 2.24) is 0 Å². The first-order chi connectivity index (χ1) is 21.4. The minimum absolute atomic E-state index is 0.145. The lowest BCUT2D eigenvalue weighted by Gasteiger charge is -2.44. The van der Waals surface area contributed by atoms with Crippen LogP contribution in [0.4, 0.5) is 0 Å². The smallest absolute Gasteiger partial charge is 0.263 e. The van der Waals surface area contributed by atoms with Crippen LogP contribution in [0.5, 0.6) is 0 Å². The van der Waals surface area contributed by atoms with Crippen LogP contribution in [0.15, 0.2) is 121 Å². The van der Waals surface area contributed by atoms with E-state index >= 15 is 0 Å². The van der Waals surface area contributed by atoms with Crippen LogP contribution in [0.3, 0.4) is 0 Å². The molecule has 7 heteroatoms. The summed E-state index contributed by atoms with van der Waals surface area (Å²) in [5.74, 6) is 0. The van der Waals surface area contributed by atoms with Gasteiger partial charge in [-0.3, -0.25) is 0 Å².